The molecule has 0 aliphatic heterocycles. The van der Waals surface area contributed by atoms with E-state index in [2.05, 4.69) is 43.8 Å². The molecule has 10 nitrogen and oxygen atoms in total. The van der Waals surface area contributed by atoms with Gasteiger partial charge in [-0.15, -0.1) is 0 Å². The van der Waals surface area contributed by atoms with E-state index in [1.54, 1.807) is 13.3 Å². The third-order valence-corrected chi connectivity index (χ3v) is 5.83. The minimum atomic E-state index is -3.58. The molecule has 1 aromatic carbocycles. The Morgan fingerprint density at radius 1 is 1.09 bits per heavy atom. The molecule has 0 radical (unpaired) electrons. The molecule has 2 atom stereocenters. The van der Waals surface area contributed by atoms with Gasteiger partial charge in [0.2, 0.25) is 21.9 Å². The number of methoxy groups -OCH3 is 1. The van der Waals surface area contributed by atoms with Crippen molar-refractivity contribution in [2.45, 2.75) is 45.6 Å². The number of hydrogen-bond acceptors (Lipinski definition) is 9. The molecule has 0 bridgehead atoms. The van der Waals surface area contributed by atoms with Gasteiger partial charge in [-0.25, -0.2) is 8.42 Å². The predicted molar refractivity (Wildman–Crippen MR) is 133 cm³/mol. The van der Waals surface area contributed by atoms with Crippen molar-refractivity contribution < 1.29 is 18.3 Å². The van der Waals surface area contributed by atoms with Crippen LogP contribution in [-0.4, -0.2) is 59.5 Å². The van der Waals surface area contributed by atoms with Crippen LogP contribution in [0, 0.1) is 5.92 Å². The second-order valence-electron chi connectivity index (χ2n) is 8.79. The standard InChI is InChI=1S/C23H32N6O4S/c1-14(2)11-16(13-30)25-22-26-20(27-23(28-22)29-34(5,31)32)12-15(3)17-8-9-19(33-4)21-18(17)7-6-10-24-21/h6-10,14-16,30H,11-13H2,1-5H3,(H2,25,26,27,28,29)/t15?,16-/m1/s1. The van der Waals surface area contributed by atoms with Gasteiger partial charge >= 0.3 is 0 Å². The molecule has 2 aromatic heterocycles. The second-order valence-corrected chi connectivity index (χ2v) is 10.5. The van der Waals surface area contributed by atoms with Gasteiger partial charge in [0.1, 0.15) is 17.1 Å². The molecule has 184 valence electrons. The number of benzene rings is 1. The summed E-state index contributed by atoms with van der Waals surface area (Å²) in [4.78, 5) is 17.5. The fourth-order valence-corrected chi connectivity index (χ4v) is 4.29. The van der Waals surface area contributed by atoms with Crippen molar-refractivity contribution in [1.82, 2.24) is 19.9 Å². The Bertz CT molecular complexity index is 1240. The van der Waals surface area contributed by atoms with Crippen molar-refractivity contribution in [2.24, 2.45) is 5.92 Å². The summed E-state index contributed by atoms with van der Waals surface area (Å²) in [5.74, 6) is 1.59. The van der Waals surface area contributed by atoms with Crippen molar-refractivity contribution in [3.05, 3.63) is 41.9 Å². The van der Waals surface area contributed by atoms with Gasteiger partial charge in [-0.2, -0.15) is 15.0 Å². The summed E-state index contributed by atoms with van der Waals surface area (Å²) < 4.78 is 31.4. The topological polar surface area (TPSA) is 139 Å². The molecule has 0 fully saturated rings. The molecule has 0 saturated carbocycles. The number of aromatic nitrogens is 4. The molecule has 3 rings (SSSR count). The molecule has 11 heteroatoms. The molecule has 3 aromatic rings. The highest BCUT2D eigenvalue weighted by molar-refractivity contribution is 7.91. The number of hydrogen-bond donors (Lipinski definition) is 3. The number of aliphatic hydroxyl groups excluding tert-OH is 1. The number of aliphatic hydroxyl groups is 1. The first-order valence-electron chi connectivity index (χ1n) is 11.1. The molecule has 0 amide bonds. The van der Waals surface area contributed by atoms with E-state index in [4.69, 9.17) is 4.74 Å². The average Bonchev–Trinajstić information content (AvgIpc) is 2.76. The van der Waals surface area contributed by atoms with Gasteiger partial charge < -0.3 is 15.2 Å². The number of fused-ring (bicyclic) bond motifs is 1. The van der Waals surface area contributed by atoms with Gasteiger partial charge in [0, 0.05) is 18.0 Å². The van der Waals surface area contributed by atoms with Crippen LogP contribution in [-0.2, 0) is 16.4 Å². The number of anilines is 2. The minimum absolute atomic E-state index is 0.0109. The predicted octanol–water partition coefficient (Wildman–Crippen LogP) is 2.97. The van der Waals surface area contributed by atoms with Crippen LogP contribution in [0.3, 0.4) is 0 Å². The maximum Gasteiger partial charge on any atom is 0.241 e. The first-order chi connectivity index (χ1) is 16.1. The maximum absolute atomic E-state index is 11.8. The van der Waals surface area contributed by atoms with Gasteiger partial charge in [-0.3, -0.25) is 9.71 Å². The van der Waals surface area contributed by atoms with E-state index in [1.165, 1.54) is 0 Å². The Kier molecular flexibility index (Phi) is 8.21. The van der Waals surface area contributed by atoms with Gasteiger partial charge in [-0.05, 0) is 36.0 Å². The molecule has 0 spiro atoms. The lowest BCUT2D eigenvalue weighted by Crippen LogP contribution is -2.27. The third-order valence-electron chi connectivity index (χ3n) is 5.27. The van der Waals surface area contributed by atoms with Crippen LogP contribution >= 0.6 is 0 Å². The van der Waals surface area contributed by atoms with Crippen LogP contribution in [0.2, 0.25) is 0 Å². The molecule has 2 heterocycles. The second kappa shape index (κ2) is 10.9. The molecular formula is C23H32N6O4S. The summed E-state index contributed by atoms with van der Waals surface area (Å²) >= 11 is 0. The van der Waals surface area contributed by atoms with E-state index in [9.17, 15) is 13.5 Å². The number of nitrogens with zero attached hydrogens (tertiary/aromatic N) is 4. The summed E-state index contributed by atoms with van der Waals surface area (Å²) in [6.07, 6.45) is 3.90. The summed E-state index contributed by atoms with van der Waals surface area (Å²) in [6, 6.07) is 7.48. The lowest BCUT2D eigenvalue weighted by atomic mass is 9.93. The molecule has 0 aliphatic rings. The summed E-state index contributed by atoms with van der Waals surface area (Å²) in [7, 11) is -1.97. The van der Waals surface area contributed by atoms with E-state index in [0.29, 0.717) is 30.3 Å². The molecule has 3 N–H and O–H groups in total. The van der Waals surface area contributed by atoms with Crippen LogP contribution in [0.1, 0.15) is 44.5 Å². The van der Waals surface area contributed by atoms with Crippen molar-refractivity contribution in [3.8, 4) is 5.75 Å². The van der Waals surface area contributed by atoms with Crippen LogP contribution in [0.15, 0.2) is 30.5 Å². The normalized spacial score (nSPS) is 13.6. The zero-order valence-corrected chi connectivity index (χ0v) is 20.9. The van der Waals surface area contributed by atoms with Gasteiger partial charge in [-0.1, -0.05) is 32.9 Å². The van der Waals surface area contributed by atoms with E-state index in [1.807, 2.05) is 31.2 Å². The van der Waals surface area contributed by atoms with Crippen LogP contribution < -0.4 is 14.8 Å². The van der Waals surface area contributed by atoms with Gasteiger partial charge in [0.15, 0.2) is 0 Å². The Morgan fingerprint density at radius 3 is 2.47 bits per heavy atom. The average molecular weight is 489 g/mol. The van der Waals surface area contributed by atoms with Crippen molar-refractivity contribution >= 4 is 32.8 Å². The fourth-order valence-electron chi connectivity index (χ4n) is 3.86. The summed E-state index contributed by atoms with van der Waals surface area (Å²) in [5.41, 5.74) is 1.82. The summed E-state index contributed by atoms with van der Waals surface area (Å²) in [5, 5.41) is 13.8. The molecule has 0 aliphatic carbocycles. The maximum atomic E-state index is 11.8. The monoisotopic (exact) mass is 488 g/mol. The van der Waals surface area contributed by atoms with E-state index in [0.717, 1.165) is 22.7 Å². The lowest BCUT2D eigenvalue weighted by Gasteiger charge is -2.19. The first-order valence-corrected chi connectivity index (χ1v) is 13.0. The highest BCUT2D eigenvalue weighted by Gasteiger charge is 2.19. The van der Waals surface area contributed by atoms with Crippen molar-refractivity contribution in [1.29, 1.82) is 0 Å². The number of rotatable bonds is 11. The van der Waals surface area contributed by atoms with Crippen molar-refractivity contribution in [3.63, 3.8) is 0 Å². The lowest BCUT2D eigenvalue weighted by molar-refractivity contribution is 0.259. The quantitative estimate of drug-likeness (QED) is 0.372. The van der Waals surface area contributed by atoms with E-state index in [-0.39, 0.29) is 30.5 Å². The summed E-state index contributed by atoms with van der Waals surface area (Å²) in [6.45, 7) is 6.05. The zero-order chi connectivity index (χ0) is 24.9. The van der Waals surface area contributed by atoms with Crippen LogP contribution in [0.5, 0.6) is 5.75 Å². The number of nitrogens with one attached hydrogen (secondary N) is 2. The highest BCUT2D eigenvalue weighted by atomic mass is 32.2. The van der Waals surface area contributed by atoms with Gasteiger partial charge in [0.25, 0.3) is 0 Å². The molecule has 34 heavy (non-hydrogen) atoms. The third kappa shape index (κ3) is 6.73. The van der Waals surface area contributed by atoms with Gasteiger partial charge in [0.05, 0.1) is 26.0 Å². The highest BCUT2D eigenvalue weighted by Crippen LogP contribution is 2.32. The number of sulfonamides is 1. The minimum Gasteiger partial charge on any atom is -0.494 e. The zero-order valence-electron chi connectivity index (χ0n) is 20.1. The number of ether oxygens (including phenoxy) is 1. The Balaban J connectivity index is 1.95. The Labute approximate surface area is 200 Å². The Morgan fingerprint density at radius 2 is 1.82 bits per heavy atom. The SMILES string of the molecule is COc1ccc(C(C)Cc2nc(N[C@@H](CO)CC(C)C)nc(NS(C)(=O)=O)n2)c2cccnc12. The molecule has 0 saturated heterocycles. The largest absolute Gasteiger partial charge is 0.494 e. The fraction of sp³-hybridized carbons (Fsp3) is 0.478. The Hall–Kier alpha value is -3.05. The molecule has 1 unspecified atom stereocenters. The van der Waals surface area contributed by atoms with Crippen molar-refractivity contribution in [2.75, 3.05) is 30.0 Å². The van der Waals surface area contributed by atoms with Crippen LogP contribution in [0.4, 0.5) is 11.9 Å². The smallest absolute Gasteiger partial charge is 0.241 e. The molecular weight excluding hydrogens is 456 g/mol. The van der Waals surface area contributed by atoms with Crippen LogP contribution in [0.25, 0.3) is 10.9 Å². The number of pyridine rings is 1. The van der Waals surface area contributed by atoms with E-state index >= 15 is 0 Å². The first kappa shape index (κ1) is 25.6. The van der Waals surface area contributed by atoms with E-state index < -0.39 is 10.0 Å².